The van der Waals surface area contributed by atoms with Gasteiger partial charge in [-0.3, -0.25) is 15.0 Å². The van der Waals surface area contributed by atoms with Crippen LogP contribution in [-0.4, -0.2) is 47.8 Å². The first kappa shape index (κ1) is 20.0. The van der Waals surface area contributed by atoms with Crippen molar-refractivity contribution in [3.05, 3.63) is 23.6 Å². The van der Waals surface area contributed by atoms with E-state index >= 15 is 0 Å². The van der Waals surface area contributed by atoms with Crippen LogP contribution in [0.25, 0.3) is 0 Å². The largest absolute Gasteiger partial charge is 0.471 e. The van der Waals surface area contributed by atoms with Crippen LogP contribution in [0.5, 0.6) is 0 Å². The Balaban J connectivity index is 2.11. The van der Waals surface area contributed by atoms with E-state index in [2.05, 4.69) is 10.2 Å². The van der Waals surface area contributed by atoms with E-state index < -0.39 is 5.54 Å². The van der Waals surface area contributed by atoms with Gasteiger partial charge in [-0.05, 0) is 57.7 Å². The lowest BCUT2D eigenvalue weighted by Crippen LogP contribution is -2.54. The van der Waals surface area contributed by atoms with E-state index in [4.69, 9.17) is 4.74 Å². The molecule has 25 heavy (non-hydrogen) atoms. The summed E-state index contributed by atoms with van der Waals surface area (Å²) >= 11 is 0. The maximum atomic E-state index is 12.9. The van der Waals surface area contributed by atoms with Gasteiger partial charge in [0.1, 0.15) is 6.10 Å². The minimum absolute atomic E-state index is 0.0443. The van der Waals surface area contributed by atoms with Gasteiger partial charge in [0.15, 0.2) is 5.88 Å². The second kappa shape index (κ2) is 7.50. The molecule has 0 spiro atoms. The molecule has 0 aromatic rings. The molecule has 1 heterocycles. The van der Waals surface area contributed by atoms with Crippen LogP contribution in [0.1, 0.15) is 53.9 Å². The van der Waals surface area contributed by atoms with Crippen molar-refractivity contribution >= 4 is 5.91 Å². The molecular formula is C20H34N2O3. The molecule has 1 atom stereocenters. The van der Waals surface area contributed by atoms with Gasteiger partial charge in [-0.15, -0.1) is 0 Å². The molecule has 1 amide bonds. The summed E-state index contributed by atoms with van der Waals surface area (Å²) in [6.07, 6.45) is 7.13. The molecule has 2 rings (SSSR count). The first-order valence-corrected chi connectivity index (χ1v) is 9.34. The quantitative estimate of drug-likeness (QED) is 0.707. The van der Waals surface area contributed by atoms with Gasteiger partial charge < -0.3 is 9.84 Å². The van der Waals surface area contributed by atoms with Gasteiger partial charge in [-0.25, -0.2) is 0 Å². The van der Waals surface area contributed by atoms with Crippen molar-refractivity contribution in [1.82, 2.24) is 10.2 Å². The highest BCUT2D eigenvalue weighted by Crippen LogP contribution is 2.33. The summed E-state index contributed by atoms with van der Waals surface area (Å²) in [6.45, 7) is 10.9. The highest BCUT2D eigenvalue weighted by Gasteiger charge is 2.37. The summed E-state index contributed by atoms with van der Waals surface area (Å²) < 4.78 is 5.90. The zero-order chi connectivity index (χ0) is 18.8. The number of nitrogens with zero attached hydrogens (tertiary/aromatic N) is 1. The molecule has 2 aliphatic rings. The third kappa shape index (κ3) is 4.85. The highest BCUT2D eigenvalue weighted by atomic mass is 16.5. The second-order valence-corrected chi connectivity index (χ2v) is 8.57. The van der Waals surface area contributed by atoms with E-state index in [-0.39, 0.29) is 24.0 Å². The fourth-order valence-corrected chi connectivity index (χ4v) is 2.75. The minimum atomic E-state index is -0.609. The number of ether oxygens (including phenoxy) is 1. The van der Waals surface area contributed by atoms with Gasteiger partial charge >= 0.3 is 0 Å². The summed E-state index contributed by atoms with van der Waals surface area (Å²) in [4.78, 5) is 15.0. The standard InChI is InChI=1S/C20H34N2O3/c1-7-16-10-15(19(2,3)13-23)11-17(25-16)21-18(24)20(4,5)22(6)12-14-8-9-14/h10-11,14,16,23H,7-9,12-13H2,1-6H3,(H,21,24). The Kier molecular flexibility index (Phi) is 6.00. The predicted molar refractivity (Wildman–Crippen MR) is 99.8 cm³/mol. The molecule has 0 radical (unpaired) electrons. The molecule has 1 saturated carbocycles. The molecule has 2 N–H and O–H groups in total. The molecule has 0 aromatic heterocycles. The molecule has 0 saturated heterocycles. The SMILES string of the molecule is CCC1C=C(C(C)(C)CO)C=C(NC(=O)C(C)(C)N(C)CC2CC2)O1. The number of nitrogens with one attached hydrogen (secondary N) is 1. The zero-order valence-electron chi connectivity index (χ0n) is 16.6. The Bertz CT molecular complexity index is 559. The lowest BCUT2D eigenvalue weighted by atomic mass is 9.83. The number of hydrogen-bond acceptors (Lipinski definition) is 4. The van der Waals surface area contributed by atoms with Crippen molar-refractivity contribution in [3.8, 4) is 0 Å². The third-order valence-electron chi connectivity index (χ3n) is 5.49. The zero-order valence-corrected chi connectivity index (χ0v) is 16.6. The molecule has 142 valence electrons. The molecular weight excluding hydrogens is 316 g/mol. The molecule has 1 aliphatic heterocycles. The van der Waals surface area contributed by atoms with Crippen LogP contribution >= 0.6 is 0 Å². The van der Waals surface area contributed by atoms with Crippen LogP contribution in [0, 0.1) is 11.3 Å². The van der Waals surface area contributed by atoms with Gasteiger partial charge in [-0.2, -0.15) is 0 Å². The average molecular weight is 351 g/mol. The molecule has 1 aliphatic carbocycles. The van der Waals surface area contributed by atoms with Crippen molar-refractivity contribution in [2.45, 2.75) is 65.5 Å². The van der Waals surface area contributed by atoms with Gasteiger partial charge in [0.25, 0.3) is 0 Å². The first-order valence-electron chi connectivity index (χ1n) is 9.34. The van der Waals surface area contributed by atoms with Crippen LogP contribution < -0.4 is 5.32 Å². The molecule has 5 nitrogen and oxygen atoms in total. The van der Waals surface area contributed by atoms with E-state index in [9.17, 15) is 9.90 Å². The topological polar surface area (TPSA) is 61.8 Å². The summed E-state index contributed by atoms with van der Waals surface area (Å²) in [5, 5.41) is 12.6. The van der Waals surface area contributed by atoms with E-state index in [1.165, 1.54) is 12.8 Å². The van der Waals surface area contributed by atoms with Gasteiger partial charge in [-0.1, -0.05) is 20.8 Å². The summed E-state index contributed by atoms with van der Waals surface area (Å²) in [5.41, 5.74) is 0.0147. The Morgan fingerprint density at radius 2 is 2.00 bits per heavy atom. The second-order valence-electron chi connectivity index (χ2n) is 8.57. The number of hydrogen-bond donors (Lipinski definition) is 2. The van der Waals surface area contributed by atoms with Crippen LogP contribution in [0.4, 0.5) is 0 Å². The number of aliphatic hydroxyl groups excluding tert-OH is 1. The van der Waals surface area contributed by atoms with Crippen molar-refractivity contribution < 1.29 is 14.6 Å². The first-order chi connectivity index (χ1) is 11.6. The smallest absolute Gasteiger partial charge is 0.246 e. The lowest BCUT2D eigenvalue weighted by molar-refractivity contribution is -0.131. The molecule has 1 unspecified atom stereocenters. The maximum Gasteiger partial charge on any atom is 0.246 e. The van der Waals surface area contributed by atoms with Crippen molar-refractivity contribution in [2.75, 3.05) is 20.2 Å². The van der Waals surface area contributed by atoms with Crippen LogP contribution in [-0.2, 0) is 9.53 Å². The molecule has 0 bridgehead atoms. The number of carbonyl (C=O) groups excluding carboxylic acids is 1. The maximum absolute atomic E-state index is 12.9. The Morgan fingerprint density at radius 1 is 1.36 bits per heavy atom. The van der Waals surface area contributed by atoms with Crippen LogP contribution in [0.3, 0.4) is 0 Å². The van der Waals surface area contributed by atoms with Crippen molar-refractivity contribution in [2.24, 2.45) is 11.3 Å². The van der Waals surface area contributed by atoms with Gasteiger partial charge in [0.2, 0.25) is 5.91 Å². The fourth-order valence-electron chi connectivity index (χ4n) is 2.75. The van der Waals surface area contributed by atoms with Crippen molar-refractivity contribution in [1.29, 1.82) is 0 Å². The van der Waals surface area contributed by atoms with E-state index in [0.717, 1.165) is 24.5 Å². The monoisotopic (exact) mass is 350 g/mol. The Hall–Kier alpha value is -1.33. The number of aliphatic hydroxyl groups is 1. The Labute approximate surface area is 152 Å². The molecule has 1 fully saturated rings. The van der Waals surface area contributed by atoms with Crippen LogP contribution in [0.15, 0.2) is 23.6 Å². The van der Waals surface area contributed by atoms with Gasteiger partial charge in [0, 0.05) is 18.0 Å². The van der Waals surface area contributed by atoms with Crippen molar-refractivity contribution in [3.63, 3.8) is 0 Å². The predicted octanol–water partition coefficient (Wildman–Crippen LogP) is 2.82. The van der Waals surface area contributed by atoms with Gasteiger partial charge in [0.05, 0.1) is 12.1 Å². The van der Waals surface area contributed by atoms with E-state index in [1.54, 1.807) is 0 Å². The summed E-state index contributed by atoms with van der Waals surface area (Å²) in [7, 11) is 2.00. The van der Waals surface area contributed by atoms with E-state index in [1.807, 2.05) is 53.8 Å². The molecule has 5 heteroatoms. The average Bonchev–Trinajstić information content (AvgIpc) is 3.38. The van der Waals surface area contributed by atoms with E-state index in [0.29, 0.717) is 5.88 Å². The van der Waals surface area contributed by atoms with Crippen LogP contribution in [0.2, 0.25) is 0 Å². The highest BCUT2D eigenvalue weighted by molar-refractivity contribution is 5.86. The lowest BCUT2D eigenvalue weighted by Gasteiger charge is -2.36. The molecule has 0 aromatic carbocycles. The normalized spacial score (nSPS) is 21.5. The number of allylic oxidation sites excluding steroid dienone is 1. The fraction of sp³-hybridized carbons (Fsp3) is 0.750. The number of likely N-dealkylation sites (N-methyl/N-ethyl adjacent to an activating group) is 1. The minimum Gasteiger partial charge on any atom is -0.471 e. The number of amides is 1. The third-order valence-corrected chi connectivity index (χ3v) is 5.49. The number of rotatable bonds is 8. The summed E-state index contributed by atoms with van der Waals surface area (Å²) in [5.74, 6) is 1.13. The number of carbonyl (C=O) groups is 1. The summed E-state index contributed by atoms with van der Waals surface area (Å²) in [6, 6.07) is 0. The Morgan fingerprint density at radius 3 is 2.52 bits per heavy atom.